The van der Waals surface area contributed by atoms with E-state index < -0.39 is 10.0 Å². The lowest BCUT2D eigenvalue weighted by Gasteiger charge is -2.37. The number of aromatic nitrogens is 3. The number of piperazine rings is 1. The van der Waals surface area contributed by atoms with Crippen molar-refractivity contribution in [1.29, 1.82) is 0 Å². The van der Waals surface area contributed by atoms with Gasteiger partial charge in [0, 0.05) is 61.8 Å². The molecule has 12 heteroatoms. The van der Waals surface area contributed by atoms with Gasteiger partial charge in [0.25, 0.3) is 0 Å². The lowest BCUT2D eigenvalue weighted by atomic mass is 9.91. The minimum absolute atomic E-state index is 0. The SMILES string of the molecule is CC(c1ccc(F)cc1)c1c(N2CCN(S(C)(=O)=O)CC2)cc(Nc2cnccn2)nc1N.Cl. The van der Waals surface area contributed by atoms with E-state index in [1.807, 2.05) is 13.0 Å². The molecule has 2 aromatic heterocycles. The number of anilines is 4. The van der Waals surface area contributed by atoms with Crippen molar-refractivity contribution in [2.75, 3.05) is 48.4 Å². The van der Waals surface area contributed by atoms with E-state index in [0.717, 1.165) is 16.8 Å². The van der Waals surface area contributed by atoms with Crippen molar-refractivity contribution < 1.29 is 12.8 Å². The second kappa shape index (κ2) is 10.5. The average Bonchev–Trinajstić information content (AvgIpc) is 2.79. The molecule has 9 nitrogen and oxygen atoms in total. The van der Waals surface area contributed by atoms with Crippen molar-refractivity contribution >= 4 is 45.6 Å². The summed E-state index contributed by atoms with van der Waals surface area (Å²) in [5, 5.41) is 3.12. The number of halogens is 2. The number of nitrogen functional groups attached to an aromatic ring is 1. The van der Waals surface area contributed by atoms with E-state index in [0.29, 0.717) is 43.6 Å². The zero-order chi connectivity index (χ0) is 23.6. The van der Waals surface area contributed by atoms with E-state index in [4.69, 9.17) is 5.73 Å². The third kappa shape index (κ3) is 5.72. The van der Waals surface area contributed by atoms with Gasteiger partial charge in [-0.3, -0.25) is 4.98 Å². The number of nitrogens with zero attached hydrogens (tertiary/aromatic N) is 5. The molecule has 0 bridgehead atoms. The largest absolute Gasteiger partial charge is 0.383 e. The summed E-state index contributed by atoms with van der Waals surface area (Å²) in [4.78, 5) is 14.9. The van der Waals surface area contributed by atoms with Crippen molar-refractivity contribution in [3.63, 3.8) is 0 Å². The Morgan fingerprint density at radius 2 is 1.76 bits per heavy atom. The van der Waals surface area contributed by atoms with E-state index in [-0.39, 0.29) is 24.1 Å². The zero-order valence-corrected chi connectivity index (χ0v) is 20.5. The number of rotatable bonds is 6. The Kier molecular flexibility index (Phi) is 7.90. The smallest absolute Gasteiger partial charge is 0.211 e. The van der Waals surface area contributed by atoms with Gasteiger partial charge in [0.1, 0.15) is 23.3 Å². The highest BCUT2D eigenvalue weighted by molar-refractivity contribution is 7.88. The average molecular weight is 508 g/mol. The number of nitrogens with two attached hydrogens (primary N) is 1. The third-order valence-electron chi connectivity index (χ3n) is 5.74. The first-order valence-corrected chi connectivity index (χ1v) is 12.4. The van der Waals surface area contributed by atoms with Crippen LogP contribution in [0, 0.1) is 5.82 Å². The van der Waals surface area contributed by atoms with Crippen molar-refractivity contribution in [3.8, 4) is 0 Å². The second-order valence-corrected chi connectivity index (χ2v) is 9.95. The molecule has 1 fully saturated rings. The summed E-state index contributed by atoms with van der Waals surface area (Å²) in [6, 6.07) is 8.19. The van der Waals surface area contributed by atoms with Crippen molar-refractivity contribution in [2.24, 2.45) is 0 Å². The van der Waals surface area contributed by atoms with Gasteiger partial charge in [-0.15, -0.1) is 12.4 Å². The highest BCUT2D eigenvalue weighted by Gasteiger charge is 2.28. The minimum atomic E-state index is -3.26. The predicted octanol–water partition coefficient (Wildman–Crippen LogP) is 2.99. The van der Waals surface area contributed by atoms with Gasteiger partial charge in [-0.05, 0) is 17.7 Å². The van der Waals surface area contributed by atoms with Gasteiger partial charge >= 0.3 is 0 Å². The number of pyridine rings is 1. The van der Waals surface area contributed by atoms with Crippen molar-refractivity contribution in [3.05, 3.63) is 65.9 Å². The molecule has 182 valence electrons. The molecule has 1 atom stereocenters. The van der Waals surface area contributed by atoms with Crippen molar-refractivity contribution in [2.45, 2.75) is 12.8 Å². The Balaban J connectivity index is 0.00000324. The summed E-state index contributed by atoms with van der Waals surface area (Å²) in [7, 11) is -3.26. The molecule has 1 aliphatic heterocycles. The fraction of sp³-hybridized carbons (Fsp3) is 0.318. The summed E-state index contributed by atoms with van der Waals surface area (Å²) in [6.45, 7) is 3.75. The van der Waals surface area contributed by atoms with Crippen LogP contribution in [-0.4, -0.2) is 60.1 Å². The first kappa shape index (κ1) is 25.6. The van der Waals surface area contributed by atoms with Gasteiger partial charge in [0.15, 0.2) is 0 Å². The van der Waals surface area contributed by atoms with E-state index in [1.165, 1.54) is 22.7 Å². The number of sulfonamides is 1. The quantitative estimate of drug-likeness (QED) is 0.523. The number of nitrogens with one attached hydrogen (secondary N) is 1. The van der Waals surface area contributed by atoms with Crippen LogP contribution in [0.15, 0.2) is 48.9 Å². The van der Waals surface area contributed by atoms with Gasteiger partial charge in [0.2, 0.25) is 10.0 Å². The molecule has 34 heavy (non-hydrogen) atoms. The molecule has 1 aliphatic rings. The minimum Gasteiger partial charge on any atom is -0.383 e. The topological polar surface area (TPSA) is 117 Å². The summed E-state index contributed by atoms with van der Waals surface area (Å²) >= 11 is 0. The van der Waals surface area contributed by atoms with Crippen LogP contribution in [-0.2, 0) is 10.0 Å². The Hall–Kier alpha value is -3.02. The molecule has 0 amide bonds. The Morgan fingerprint density at radius 3 is 2.35 bits per heavy atom. The summed E-state index contributed by atoms with van der Waals surface area (Å²) < 4.78 is 38.8. The van der Waals surface area contributed by atoms with Crippen LogP contribution in [0.2, 0.25) is 0 Å². The third-order valence-corrected chi connectivity index (χ3v) is 7.04. The van der Waals surface area contributed by atoms with Crippen LogP contribution in [0.25, 0.3) is 0 Å². The summed E-state index contributed by atoms with van der Waals surface area (Å²) in [5.41, 5.74) is 9.00. The number of benzene rings is 1. The van der Waals surface area contributed by atoms with Crippen LogP contribution in [0.4, 0.5) is 27.5 Å². The molecule has 3 heterocycles. The van der Waals surface area contributed by atoms with Crippen molar-refractivity contribution in [1.82, 2.24) is 19.3 Å². The van der Waals surface area contributed by atoms with Crippen LogP contribution in [0.5, 0.6) is 0 Å². The van der Waals surface area contributed by atoms with Crippen LogP contribution < -0.4 is 16.0 Å². The molecular weight excluding hydrogens is 481 g/mol. The molecule has 0 spiro atoms. The highest BCUT2D eigenvalue weighted by Crippen LogP contribution is 2.38. The Labute approximate surface area is 204 Å². The molecule has 0 aliphatic carbocycles. The molecular formula is C22H27ClFN7O2S. The van der Waals surface area contributed by atoms with Crippen LogP contribution in [0.3, 0.4) is 0 Å². The van der Waals surface area contributed by atoms with Gasteiger partial charge in [-0.25, -0.2) is 22.8 Å². The maximum absolute atomic E-state index is 13.5. The number of hydrogen-bond donors (Lipinski definition) is 2. The van der Waals surface area contributed by atoms with Crippen LogP contribution in [0.1, 0.15) is 24.0 Å². The molecule has 0 radical (unpaired) electrons. The van der Waals surface area contributed by atoms with E-state index >= 15 is 0 Å². The molecule has 1 saturated heterocycles. The maximum Gasteiger partial charge on any atom is 0.211 e. The fourth-order valence-electron chi connectivity index (χ4n) is 4.00. The molecule has 3 N–H and O–H groups in total. The predicted molar refractivity (Wildman–Crippen MR) is 134 cm³/mol. The lowest BCUT2D eigenvalue weighted by Crippen LogP contribution is -2.48. The fourth-order valence-corrected chi connectivity index (χ4v) is 4.83. The lowest BCUT2D eigenvalue weighted by molar-refractivity contribution is 0.387. The van der Waals surface area contributed by atoms with Gasteiger partial charge in [0.05, 0.1) is 12.5 Å². The highest BCUT2D eigenvalue weighted by atomic mass is 35.5. The Bertz CT molecular complexity index is 1220. The normalized spacial score (nSPS) is 15.4. The van der Waals surface area contributed by atoms with Gasteiger partial charge < -0.3 is 16.0 Å². The second-order valence-electron chi connectivity index (χ2n) is 7.96. The van der Waals surface area contributed by atoms with Gasteiger partial charge in [-0.1, -0.05) is 19.1 Å². The monoisotopic (exact) mass is 507 g/mol. The molecule has 0 saturated carbocycles. The Morgan fingerprint density at radius 1 is 1.09 bits per heavy atom. The van der Waals surface area contributed by atoms with E-state index in [2.05, 4.69) is 25.2 Å². The molecule has 1 unspecified atom stereocenters. The standard InChI is InChI=1S/C22H26FN7O2S.ClH/c1-15(16-3-5-17(23)6-4-16)21-18(29-9-11-30(12-10-29)33(2,31)32)13-19(28-22(21)24)27-20-14-25-7-8-26-20;/h3-8,13-15H,9-12H2,1-2H3,(H3,24,26,27,28);1H. The molecule has 4 rings (SSSR count). The van der Waals surface area contributed by atoms with Gasteiger partial charge in [-0.2, -0.15) is 4.31 Å². The molecule has 3 aromatic rings. The summed E-state index contributed by atoms with van der Waals surface area (Å²) in [5.74, 6) is 0.894. The first-order valence-electron chi connectivity index (χ1n) is 10.5. The van der Waals surface area contributed by atoms with Crippen LogP contribution >= 0.6 is 12.4 Å². The van der Waals surface area contributed by atoms with E-state index in [1.54, 1.807) is 30.7 Å². The first-order chi connectivity index (χ1) is 15.7. The summed E-state index contributed by atoms with van der Waals surface area (Å²) in [6.07, 6.45) is 5.95. The van der Waals surface area contributed by atoms with E-state index in [9.17, 15) is 12.8 Å². The zero-order valence-electron chi connectivity index (χ0n) is 18.8. The number of hydrogen-bond acceptors (Lipinski definition) is 8. The maximum atomic E-state index is 13.5. The molecule has 1 aromatic carbocycles.